The maximum Gasteiger partial charge on any atom is 0.264 e. The van der Waals surface area contributed by atoms with Gasteiger partial charge >= 0.3 is 0 Å². The van der Waals surface area contributed by atoms with E-state index in [1.165, 1.54) is 41.3 Å². The molecule has 0 bridgehead atoms. The normalized spacial score (nSPS) is 12.1. The number of rotatable bonds is 12. The smallest absolute Gasteiger partial charge is 0.264 e. The standard InChI is InChI=1S/C30H35ClFN3O4S/c1-5-17-33-30(37)27(6-2)34(19-23-9-12-25(32)13-10-23)29(36)20-35(28-16-11-24(31)18-22(28)4)40(38,39)26-14-7-21(3)8-15-26/h7-16,18,27H,5-6,17,19-20H2,1-4H3,(H,33,37)/t27-/m1/s1. The Hall–Kier alpha value is -3.43. The van der Waals surface area contributed by atoms with Gasteiger partial charge in [0.2, 0.25) is 11.8 Å². The maximum absolute atomic E-state index is 14.0. The Morgan fingerprint density at radius 2 is 1.62 bits per heavy atom. The number of sulfonamides is 1. The molecule has 0 saturated heterocycles. The highest BCUT2D eigenvalue weighted by molar-refractivity contribution is 7.92. The van der Waals surface area contributed by atoms with Crippen molar-refractivity contribution in [2.75, 3.05) is 17.4 Å². The molecule has 0 aliphatic rings. The van der Waals surface area contributed by atoms with Crippen LogP contribution in [-0.4, -0.2) is 44.3 Å². The summed E-state index contributed by atoms with van der Waals surface area (Å²) < 4.78 is 42.5. The lowest BCUT2D eigenvalue weighted by molar-refractivity contribution is -0.140. The SMILES string of the molecule is CCCNC(=O)[C@@H](CC)N(Cc1ccc(F)cc1)C(=O)CN(c1ccc(Cl)cc1C)S(=O)(=O)c1ccc(C)cc1. The molecule has 1 atom stereocenters. The van der Waals surface area contributed by atoms with Crippen LogP contribution in [0.25, 0.3) is 0 Å². The fraction of sp³-hybridized carbons (Fsp3) is 0.333. The molecule has 3 aromatic rings. The van der Waals surface area contributed by atoms with Crippen LogP contribution in [0.4, 0.5) is 10.1 Å². The second-order valence-corrected chi connectivity index (χ2v) is 11.9. The molecule has 2 amide bonds. The minimum atomic E-state index is -4.19. The molecule has 0 unspecified atom stereocenters. The number of carbonyl (C=O) groups is 2. The zero-order valence-corrected chi connectivity index (χ0v) is 24.7. The number of carbonyl (C=O) groups excluding carboxylic acids is 2. The van der Waals surface area contributed by atoms with Crippen LogP contribution >= 0.6 is 11.6 Å². The van der Waals surface area contributed by atoms with Gasteiger partial charge in [0.1, 0.15) is 18.4 Å². The van der Waals surface area contributed by atoms with Crippen LogP contribution < -0.4 is 9.62 Å². The lowest BCUT2D eigenvalue weighted by Crippen LogP contribution is -2.52. The van der Waals surface area contributed by atoms with Crippen molar-refractivity contribution in [3.05, 3.63) is 94.3 Å². The maximum atomic E-state index is 14.0. The monoisotopic (exact) mass is 587 g/mol. The molecular formula is C30H35ClFN3O4S. The summed E-state index contributed by atoms with van der Waals surface area (Å²) in [5.41, 5.74) is 2.35. The summed E-state index contributed by atoms with van der Waals surface area (Å²) in [5.74, 6) is -1.34. The largest absolute Gasteiger partial charge is 0.354 e. The third-order valence-corrected chi connectivity index (χ3v) is 8.53. The van der Waals surface area contributed by atoms with E-state index in [2.05, 4.69) is 5.32 Å². The van der Waals surface area contributed by atoms with E-state index in [-0.39, 0.29) is 17.3 Å². The number of nitrogens with one attached hydrogen (secondary N) is 1. The number of hydrogen-bond donors (Lipinski definition) is 1. The fourth-order valence-electron chi connectivity index (χ4n) is 4.32. The summed E-state index contributed by atoms with van der Waals surface area (Å²) in [6.07, 6.45) is 1.01. The summed E-state index contributed by atoms with van der Waals surface area (Å²) >= 11 is 6.15. The summed E-state index contributed by atoms with van der Waals surface area (Å²) in [5, 5.41) is 3.26. The van der Waals surface area contributed by atoms with E-state index in [1.54, 1.807) is 44.2 Å². The molecule has 0 saturated carbocycles. The average Bonchev–Trinajstić information content (AvgIpc) is 2.92. The average molecular weight is 588 g/mol. The number of anilines is 1. The molecule has 10 heteroatoms. The molecule has 0 fully saturated rings. The Morgan fingerprint density at radius 1 is 0.975 bits per heavy atom. The summed E-state index contributed by atoms with van der Waals surface area (Å²) in [6.45, 7) is 7.14. The molecule has 0 radical (unpaired) electrons. The van der Waals surface area contributed by atoms with Crippen molar-refractivity contribution in [3.63, 3.8) is 0 Å². The summed E-state index contributed by atoms with van der Waals surface area (Å²) in [6, 6.07) is 15.9. The molecule has 0 spiro atoms. The Labute approximate surface area is 241 Å². The third kappa shape index (κ3) is 7.61. The lowest BCUT2D eigenvalue weighted by Gasteiger charge is -2.33. The van der Waals surface area contributed by atoms with Gasteiger partial charge in [-0.25, -0.2) is 12.8 Å². The molecular weight excluding hydrogens is 553 g/mol. The van der Waals surface area contributed by atoms with Gasteiger partial charge in [-0.05, 0) is 80.3 Å². The van der Waals surface area contributed by atoms with Gasteiger partial charge in [0, 0.05) is 18.1 Å². The quantitative estimate of drug-likeness (QED) is 0.298. The number of aryl methyl sites for hydroxylation is 2. The first-order chi connectivity index (χ1) is 19.0. The van der Waals surface area contributed by atoms with Crippen LogP contribution in [0.5, 0.6) is 0 Å². The highest BCUT2D eigenvalue weighted by atomic mass is 35.5. The first-order valence-corrected chi connectivity index (χ1v) is 15.0. The molecule has 0 aliphatic heterocycles. The second-order valence-electron chi connectivity index (χ2n) is 9.62. The van der Waals surface area contributed by atoms with Gasteiger partial charge in [0.15, 0.2) is 0 Å². The number of benzene rings is 3. The third-order valence-electron chi connectivity index (χ3n) is 6.52. The van der Waals surface area contributed by atoms with E-state index >= 15 is 0 Å². The van der Waals surface area contributed by atoms with Gasteiger partial charge in [-0.1, -0.05) is 55.3 Å². The van der Waals surface area contributed by atoms with Gasteiger partial charge in [-0.15, -0.1) is 0 Å². The number of hydrogen-bond acceptors (Lipinski definition) is 4. The van der Waals surface area contributed by atoms with Gasteiger partial charge in [0.25, 0.3) is 10.0 Å². The van der Waals surface area contributed by atoms with Crippen LogP contribution in [0.2, 0.25) is 5.02 Å². The van der Waals surface area contributed by atoms with Gasteiger partial charge in [-0.3, -0.25) is 13.9 Å². The molecule has 40 heavy (non-hydrogen) atoms. The molecule has 0 aromatic heterocycles. The van der Waals surface area contributed by atoms with Crippen molar-refractivity contribution >= 4 is 39.1 Å². The van der Waals surface area contributed by atoms with Gasteiger partial charge < -0.3 is 10.2 Å². The molecule has 1 N–H and O–H groups in total. The minimum Gasteiger partial charge on any atom is -0.354 e. The first-order valence-electron chi connectivity index (χ1n) is 13.1. The second kappa shape index (κ2) is 13.8. The number of amides is 2. The Kier molecular flexibility index (Phi) is 10.7. The van der Waals surface area contributed by atoms with Crippen molar-refractivity contribution in [1.29, 1.82) is 0 Å². The minimum absolute atomic E-state index is 0.00478. The molecule has 214 valence electrons. The van der Waals surface area contributed by atoms with Crippen LogP contribution in [0.3, 0.4) is 0 Å². The summed E-state index contributed by atoms with van der Waals surface area (Å²) in [4.78, 5) is 28.5. The number of nitrogens with zero attached hydrogens (tertiary/aromatic N) is 2. The van der Waals surface area contributed by atoms with E-state index < -0.39 is 34.3 Å². The lowest BCUT2D eigenvalue weighted by atomic mass is 10.1. The molecule has 7 nitrogen and oxygen atoms in total. The highest BCUT2D eigenvalue weighted by Crippen LogP contribution is 2.29. The van der Waals surface area contributed by atoms with Gasteiger partial charge in [-0.2, -0.15) is 0 Å². The summed E-state index contributed by atoms with van der Waals surface area (Å²) in [7, 11) is -4.19. The zero-order chi connectivity index (χ0) is 29.4. The van der Waals surface area contributed by atoms with E-state index in [1.807, 2.05) is 13.8 Å². The van der Waals surface area contributed by atoms with E-state index in [4.69, 9.17) is 11.6 Å². The van der Waals surface area contributed by atoms with E-state index in [0.29, 0.717) is 41.2 Å². The highest BCUT2D eigenvalue weighted by Gasteiger charge is 2.34. The van der Waals surface area contributed by atoms with E-state index in [0.717, 1.165) is 9.87 Å². The number of halogens is 2. The Morgan fingerprint density at radius 3 is 2.20 bits per heavy atom. The van der Waals surface area contributed by atoms with Crippen LogP contribution in [0.15, 0.2) is 71.6 Å². The van der Waals surface area contributed by atoms with E-state index in [9.17, 15) is 22.4 Å². The Bertz CT molecular complexity index is 1430. The van der Waals surface area contributed by atoms with Gasteiger partial charge in [0.05, 0.1) is 10.6 Å². The molecule has 3 aromatic carbocycles. The van der Waals surface area contributed by atoms with Crippen molar-refractivity contribution < 1.29 is 22.4 Å². The predicted octanol–water partition coefficient (Wildman–Crippen LogP) is 5.62. The van der Waals surface area contributed by atoms with Crippen molar-refractivity contribution in [2.45, 2.75) is 58.0 Å². The first kappa shape index (κ1) is 31.1. The molecule has 0 heterocycles. The van der Waals surface area contributed by atoms with Crippen LogP contribution in [0, 0.1) is 19.7 Å². The van der Waals surface area contributed by atoms with Crippen molar-refractivity contribution in [3.8, 4) is 0 Å². The Balaban J connectivity index is 2.08. The topological polar surface area (TPSA) is 86.8 Å². The zero-order valence-electron chi connectivity index (χ0n) is 23.2. The fourth-order valence-corrected chi connectivity index (χ4v) is 6.03. The molecule has 3 rings (SSSR count). The molecule has 0 aliphatic carbocycles. The van der Waals surface area contributed by atoms with Crippen LogP contribution in [0.1, 0.15) is 43.4 Å². The van der Waals surface area contributed by atoms with Crippen molar-refractivity contribution in [1.82, 2.24) is 10.2 Å². The predicted molar refractivity (Wildman–Crippen MR) is 156 cm³/mol. The van der Waals surface area contributed by atoms with Crippen molar-refractivity contribution in [2.24, 2.45) is 0 Å². The van der Waals surface area contributed by atoms with Crippen LogP contribution in [-0.2, 0) is 26.2 Å².